The summed E-state index contributed by atoms with van der Waals surface area (Å²) >= 11 is 3.36. The van der Waals surface area contributed by atoms with Crippen LogP contribution in [0.15, 0.2) is 82.2 Å². The molecular formula is C20H16BrNO2S. The molecule has 0 atom stereocenters. The fourth-order valence-corrected chi connectivity index (χ4v) is 5.04. The summed E-state index contributed by atoms with van der Waals surface area (Å²) in [6.07, 6.45) is 1.64. The SMILES string of the molecule is O=S(=O)(c1ccc(Br)cc1)N1c2ccccc2CCc2ccccc21. The standard InChI is InChI=1S/C20H16BrNO2S/c21-17-11-13-18(14-12-17)25(23,24)22-19-7-3-1-5-15(19)9-10-16-6-2-4-8-20(16)22/h1-8,11-14H,9-10H2. The van der Waals surface area contributed by atoms with Crippen molar-refractivity contribution in [1.29, 1.82) is 0 Å². The first-order valence-corrected chi connectivity index (χ1v) is 10.3. The molecule has 25 heavy (non-hydrogen) atoms. The van der Waals surface area contributed by atoms with Crippen LogP contribution in [0.5, 0.6) is 0 Å². The van der Waals surface area contributed by atoms with Gasteiger partial charge in [0.05, 0.1) is 16.3 Å². The molecule has 0 fully saturated rings. The Hall–Kier alpha value is -2.11. The van der Waals surface area contributed by atoms with E-state index in [9.17, 15) is 8.42 Å². The Morgan fingerprint density at radius 2 is 1.20 bits per heavy atom. The highest BCUT2D eigenvalue weighted by Gasteiger charge is 2.31. The summed E-state index contributed by atoms with van der Waals surface area (Å²) in [6.45, 7) is 0. The Labute approximate surface area is 156 Å². The van der Waals surface area contributed by atoms with Crippen LogP contribution in [-0.4, -0.2) is 8.42 Å². The molecule has 3 nitrogen and oxygen atoms in total. The van der Waals surface area contributed by atoms with Gasteiger partial charge in [0.25, 0.3) is 10.0 Å². The second-order valence-electron chi connectivity index (χ2n) is 5.98. The number of rotatable bonds is 2. The van der Waals surface area contributed by atoms with Gasteiger partial charge in [-0.3, -0.25) is 0 Å². The molecule has 4 rings (SSSR count). The second-order valence-corrected chi connectivity index (χ2v) is 8.68. The summed E-state index contributed by atoms with van der Waals surface area (Å²) in [5.74, 6) is 0. The van der Waals surface area contributed by atoms with E-state index in [-0.39, 0.29) is 4.90 Å². The third-order valence-corrected chi connectivity index (χ3v) is 6.71. The van der Waals surface area contributed by atoms with Crippen LogP contribution >= 0.6 is 15.9 Å². The van der Waals surface area contributed by atoms with Crippen molar-refractivity contribution >= 4 is 37.3 Å². The number of hydrogen-bond donors (Lipinski definition) is 0. The molecule has 1 aliphatic heterocycles. The largest absolute Gasteiger partial charge is 0.268 e. The zero-order valence-electron chi connectivity index (χ0n) is 13.4. The van der Waals surface area contributed by atoms with Crippen molar-refractivity contribution in [3.05, 3.63) is 88.4 Å². The van der Waals surface area contributed by atoms with Crippen LogP contribution in [0.3, 0.4) is 0 Å². The fraction of sp³-hybridized carbons (Fsp3) is 0.100. The zero-order chi connectivity index (χ0) is 17.4. The molecule has 0 N–H and O–H groups in total. The van der Waals surface area contributed by atoms with Crippen LogP contribution < -0.4 is 4.31 Å². The lowest BCUT2D eigenvalue weighted by Crippen LogP contribution is -2.27. The van der Waals surface area contributed by atoms with E-state index in [1.807, 2.05) is 48.5 Å². The monoisotopic (exact) mass is 413 g/mol. The Morgan fingerprint density at radius 1 is 0.720 bits per heavy atom. The maximum Gasteiger partial charge on any atom is 0.268 e. The number of nitrogens with zero attached hydrogens (tertiary/aromatic N) is 1. The van der Waals surface area contributed by atoms with Gasteiger partial charge >= 0.3 is 0 Å². The Balaban J connectivity index is 1.98. The van der Waals surface area contributed by atoms with Gasteiger partial charge in [0.15, 0.2) is 0 Å². The average molecular weight is 414 g/mol. The van der Waals surface area contributed by atoms with Gasteiger partial charge in [0.1, 0.15) is 0 Å². The van der Waals surface area contributed by atoms with E-state index in [1.165, 1.54) is 4.31 Å². The highest BCUT2D eigenvalue weighted by Crippen LogP contribution is 2.40. The van der Waals surface area contributed by atoms with Crippen molar-refractivity contribution in [3.8, 4) is 0 Å². The lowest BCUT2D eigenvalue weighted by Gasteiger charge is -2.26. The minimum Gasteiger partial charge on any atom is -0.234 e. The first kappa shape index (κ1) is 16.4. The topological polar surface area (TPSA) is 37.4 Å². The highest BCUT2D eigenvalue weighted by atomic mass is 79.9. The Bertz CT molecular complexity index is 982. The molecule has 126 valence electrons. The fourth-order valence-electron chi connectivity index (χ4n) is 3.21. The number of fused-ring (bicyclic) bond motifs is 2. The normalized spacial score (nSPS) is 13.7. The number of anilines is 2. The molecule has 1 heterocycles. The number of para-hydroxylation sites is 2. The smallest absolute Gasteiger partial charge is 0.234 e. The lowest BCUT2D eigenvalue weighted by molar-refractivity contribution is 0.596. The van der Waals surface area contributed by atoms with Gasteiger partial charge in [-0.2, -0.15) is 0 Å². The molecule has 0 spiro atoms. The molecule has 0 aromatic heterocycles. The predicted molar refractivity (Wildman–Crippen MR) is 104 cm³/mol. The summed E-state index contributed by atoms with van der Waals surface area (Å²) in [6, 6.07) is 22.2. The highest BCUT2D eigenvalue weighted by molar-refractivity contribution is 9.10. The van der Waals surface area contributed by atoms with Crippen molar-refractivity contribution in [2.24, 2.45) is 0 Å². The molecule has 0 unspecified atom stereocenters. The molecule has 3 aromatic carbocycles. The van der Waals surface area contributed by atoms with E-state index in [4.69, 9.17) is 0 Å². The maximum absolute atomic E-state index is 13.5. The van der Waals surface area contributed by atoms with Crippen LogP contribution in [0.25, 0.3) is 0 Å². The van der Waals surface area contributed by atoms with Crippen molar-refractivity contribution in [2.45, 2.75) is 17.7 Å². The molecule has 0 aliphatic carbocycles. The van der Waals surface area contributed by atoms with Gasteiger partial charge in [-0.05, 0) is 60.4 Å². The molecule has 0 bridgehead atoms. The minimum absolute atomic E-state index is 0.280. The van der Waals surface area contributed by atoms with Crippen molar-refractivity contribution in [3.63, 3.8) is 0 Å². The Morgan fingerprint density at radius 3 is 1.72 bits per heavy atom. The van der Waals surface area contributed by atoms with E-state index in [2.05, 4.69) is 15.9 Å². The maximum atomic E-state index is 13.5. The molecule has 0 amide bonds. The predicted octanol–water partition coefficient (Wildman–Crippen LogP) is 5.07. The van der Waals surface area contributed by atoms with Gasteiger partial charge < -0.3 is 0 Å². The van der Waals surface area contributed by atoms with Crippen molar-refractivity contribution < 1.29 is 8.42 Å². The number of aryl methyl sites for hydroxylation is 2. The van der Waals surface area contributed by atoms with Gasteiger partial charge in [0, 0.05) is 4.47 Å². The zero-order valence-corrected chi connectivity index (χ0v) is 15.8. The van der Waals surface area contributed by atoms with Crippen LogP contribution in [-0.2, 0) is 22.9 Å². The number of benzene rings is 3. The molecule has 1 aliphatic rings. The van der Waals surface area contributed by atoms with E-state index in [0.717, 1.165) is 39.8 Å². The van der Waals surface area contributed by atoms with Gasteiger partial charge in [-0.1, -0.05) is 52.3 Å². The first-order valence-electron chi connectivity index (χ1n) is 8.04. The molecule has 3 aromatic rings. The molecule has 0 saturated carbocycles. The van der Waals surface area contributed by atoms with Crippen LogP contribution in [0.2, 0.25) is 0 Å². The van der Waals surface area contributed by atoms with E-state index >= 15 is 0 Å². The summed E-state index contributed by atoms with van der Waals surface area (Å²) < 4.78 is 29.3. The van der Waals surface area contributed by atoms with Crippen molar-refractivity contribution in [1.82, 2.24) is 0 Å². The van der Waals surface area contributed by atoms with Gasteiger partial charge in [0.2, 0.25) is 0 Å². The molecule has 5 heteroatoms. The number of hydrogen-bond acceptors (Lipinski definition) is 2. The van der Waals surface area contributed by atoms with E-state index in [1.54, 1.807) is 24.3 Å². The third kappa shape index (κ3) is 2.87. The molecule has 0 saturated heterocycles. The third-order valence-electron chi connectivity index (χ3n) is 4.44. The van der Waals surface area contributed by atoms with E-state index < -0.39 is 10.0 Å². The summed E-state index contributed by atoms with van der Waals surface area (Å²) in [7, 11) is -3.72. The first-order chi connectivity index (χ1) is 12.1. The lowest BCUT2D eigenvalue weighted by atomic mass is 10.0. The summed E-state index contributed by atoms with van der Waals surface area (Å²) in [5, 5.41) is 0. The molecular weight excluding hydrogens is 398 g/mol. The Kier molecular flexibility index (Phi) is 4.13. The average Bonchev–Trinajstić information content (AvgIpc) is 2.79. The quantitative estimate of drug-likeness (QED) is 0.587. The molecule has 0 radical (unpaired) electrons. The second kappa shape index (κ2) is 6.32. The van der Waals surface area contributed by atoms with Gasteiger partial charge in [-0.25, -0.2) is 12.7 Å². The summed E-state index contributed by atoms with van der Waals surface area (Å²) in [4.78, 5) is 0.280. The van der Waals surface area contributed by atoms with Crippen molar-refractivity contribution in [2.75, 3.05) is 4.31 Å². The number of sulfonamides is 1. The van der Waals surface area contributed by atoms with Crippen LogP contribution in [0, 0.1) is 0 Å². The van der Waals surface area contributed by atoms with Gasteiger partial charge in [-0.15, -0.1) is 0 Å². The number of halogens is 1. The minimum atomic E-state index is -3.72. The van der Waals surface area contributed by atoms with Crippen LogP contribution in [0.4, 0.5) is 11.4 Å². The van der Waals surface area contributed by atoms with Crippen LogP contribution in [0.1, 0.15) is 11.1 Å². The van der Waals surface area contributed by atoms with E-state index in [0.29, 0.717) is 0 Å². The summed E-state index contributed by atoms with van der Waals surface area (Å²) in [5.41, 5.74) is 3.55.